The minimum Gasteiger partial charge on any atom is -0.493 e. The van der Waals surface area contributed by atoms with Crippen molar-refractivity contribution in [3.63, 3.8) is 0 Å². The molecule has 5 nitrogen and oxygen atoms in total. The molecule has 0 aliphatic heterocycles. The average Bonchev–Trinajstić information content (AvgIpc) is 2.71. The summed E-state index contributed by atoms with van der Waals surface area (Å²) in [5.74, 6) is 2.20. The third kappa shape index (κ3) is 6.45. The number of ether oxygens (including phenoxy) is 3. The number of rotatable bonds is 11. The molecule has 0 saturated carbocycles. The van der Waals surface area contributed by atoms with Gasteiger partial charge >= 0.3 is 0 Å². The van der Waals surface area contributed by atoms with E-state index in [2.05, 4.69) is 18.7 Å². The molecule has 148 valence electrons. The van der Waals surface area contributed by atoms with Gasteiger partial charge in [0.15, 0.2) is 11.5 Å². The summed E-state index contributed by atoms with van der Waals surface area (Å²) < 4.78 is 16.4. The second-order valence-electron chi connectivity index (χ2n) is 6.65. The van der Waals surface area contributed by atoms with Crippen LogP contribution in [0.15, 0.2) is 48.5 Å². The zero-order chi connectivity index (χ0) is 19.6. The van der Waals surface area contributed by atoms with Gasteiger partial charge in [-0.15, -0.1) is 0 Å². The first-order valence-electron chi connectivity index (χ1n) is 9.38. The highest BCUT2D eigenvalue weighted by Crippen LogP contribution is 2.28. The monoisotopic (exact) mass is 373 g/mol. The van der Waals surface area contributed by atoms with Crippen LogP contribution in [0.2, 0.25) is 0 Å². The first-order chi connectivity index (χ1) is 13.1. The van der Waals surface area contributed by atoms with Crippen LogP contribution in [0.5, 0.6) is 17.2 Å². The number of hydrogen-bond donors (Lipinski definition) is 1. The first kappa shape index (κ1) is 21.1. The summed E-state index contributed by atoms with van der Waals surface area (Å²) in [4.78, 5) is 2.26. The molecule has 0 spiro atoms. The molecule has 0 bridgehead atoms. The van der Waals surface area contributed by atoms with E-state index in [1.165, 1.54) is 0 Å². The molecule has 0 heterocycles. The molecule has 2 aromatic rings. The topological polar surface area (TPSA) is 51.2 Å². The van der Waals surface area contributed by atoms with Crippen molar-refractivity contribution in [1.29, 1.82) is 0 Å². The number of benzene rings is 2. The summed E-state index contributed by atoms with van der Waals surface area (Å²) in [6, 6.07) is 15.8. The van der Waals surface area contributed by atoms with Crippen molar-refractivity contribution in [3.05, 3.63) is 54.1 Å². The van der Waals surface area contributed by atoms with Crippen LogP contribution >= 0.6 is 0 Å². The van der Waals surface area contributed by atoms with Crippen LogP contribution in [0.1, 0.15) is 25.8 Å². The van der Waals surface area contributed by atoms with Crippen LogP contribution in [0.3, 0.4) is 0 Å². The fraction of sp³-hybridized carbons (Fsp3) is 0.455. The molecule has 0 aromatic heterocycles. The molecule has 0 radical (unpaired) electrons. The van der Waals surface area contributed by atoms with Gasteiger partial charge in [-0.05, 0) is 43.2 Å². The van der Waals surface area contributed by atoms with Gasteiger partial charge in [-0.3, -0.25) is 4.90 Å². The molecule has 0 saturated heterocycles. The lowest BCUT2D eigenvalue weighted by atomic mass is 10.1. The molecule has 0 unspecified atom stereocenters. The number of aliphatic hydroxyl groups is 1. The van der Waals surface area contributed by atoms with E-state index >= 15 is 0 Å². The maximum atomic E-state index is 10.5. The van der Waals surface area contributed by atoms with Crippen LogP contribution in [0, 0.1) is 0 Å². The van der Waals surface area contributed by atoms with Gasteiger partial charge in [0.05, 0.1) is 14.2 Å². The van der Waals surface area contributed by atoms with E-state index < -0.39 is 6.10 Å². The van der Waals surface area contributed by atoms with Crippen molar-refractivity contribution >= 4 is 0 Å². The van der Waals surface area contributed by atoms with Crippen molar-refractivity contribution in [2.75, 3.05) is 27.4 Å². The van der Waals surface area contributed by atoms with E-state index in [1.54, 1.807) is 14.2 Å². The highest BCUT2D eigenvalue weighted by Gasteiger charge is 2.18. The largest absolute Gasteiger partial charge is 0.493 e. The number of para-hydroxylation sites is 1. The molecule has 2 aromatic carbocycles. The zero-order valence-corrected chi connectivity index (χ0v) is 16.7. The Labute approximate surface area is 162 Å². The van der Waals surface area contributed by atoms with E-state index in [4.69, 9.17) is 14.2 Å². The van der Waals surface area contributed by atoms with E-state index in [0.717, 1.165) is 24.3 Å². The molecular weight excluding hydrogens is 342 g/mol. The Hall–Kier alpha value is -2.24. The van der Waals surface area contributed by atoms with Crippen LogP contribution in [-0.4, -0.2) is 49.5 Å². The van der Waals surface area contributed by atoms with E-state index in [0.29, 0.717) is 24.1 Å². The normalized spacial score (nSPS) is 13.3. The van der Waals surface area contributed by atoms with Crippen LogP contribution in [-0.2, 0) is 6.54 Å². The lowest BCUT2D eigenvalue weighted by molar-refractivity contribution is 0.0506. The molecule has 0 aliphatic rings. The summed E-state index contributed by atoms with van der Waals surface area (Å²) in [6.07, 6.45) is 0.430. The van der Waals surface area contributed by atoms with Crippen molar-refractivity contribution in [2.45, 2.75) is 39.0 Å². The van der Waals surface area contributed by atoms with E-state index in [1.807, 2.05) is 48.5 Å². The number of hydrogen-bond acceptors (Lipinski definition) is 5. The van der Waals surface area contributed by atoms with Crippen LogP contribution in [0.25, 0.3) is 0 Å². The predicted octanol–water partition coefficient (Wildman–Crippen LogP) is 3.74. The van der Waals surface area contributed by atoms with Gasteiger partial charge in [0.1, 0.15) is 18.5 Å². The smallest absolute Gasteiger partial charge is 0.161 e. The van der Waals surface area contributed by atoms with Crippen molar-refractivity contribution in [3.8, 4) is 17.2 Å². The fourth-order valence-electron chi connectivity index (χ4n) is 2.90. The SMILES string of the molecule is CC[C@@H](C)N(Cc1ccc(OC)c(OC)c1)C[C@H](O)COc1ccccc1. The third-order valence-corrected chi connectivity index (χ3v) is 4.68. The summed E-state index contributed by atoms with van der Waals surface area (Å²) in [5, 5.41) is 10.5. The van der Waals surface area contributed by atoms with Gasteiger partial charge in [0, 0.05) is 19.1 Å². The molecule has 1 N–H and O–H groups in total. The van der Waals surface area contributed by atoms with Gasteiger partial charge in [0.2, 0.25) is 0 Å². The Morgan fingerprint density at radius 2 is 1.70 bits per heavy atom. The average molecular weight is 373 g/mol. The van der Waals surface area contributed by atoms with Crippen molar-refractivity contribution in [1.82, 2.24) is 4.90 Å². The van der Waals surface area contributed by atoms with Gasteiger partial charge in [-0.1, -0.05) is 31.2 Å². The van der Waals surface area contributed by atoms with Gasteiger partial charge < -0.3 is 19.3 Å². The van der Waals surface area contributed by atoms with Crippen LogP contribution < -0.4 is 14.2 Å². The first-order valence-corrected chi connectivity index (χ1v) is 9.38. The molecular formula is C22H31NO4. The fourth-order valence-corrected chi connectivity index (χ4v) is 2.90. The summed E-state index contributed by atoms with van der Waals surface area (Å²) in [6.45, 7) is 5.85. The second kappa shape index (κ2) is 10.8. The molecule has 0 amide bonds. The standard InChI is InChI=1S/C22H31NO4/c1-5-17(2)23(14-18-11-12-21(25-3)22(13-18)26-4)15-19(24)16-27-20-9-7-6-8-10-20/h6-13,17,19,24H,5,14-16H2,1-4H3/t17-,19+/m1/s1. The Morgan fingerprint density at radius 1 is 1.00 bits per heavy atom. The Bertz CT molecular complexity index is 677. The minimum absolute atomic E-state index is 0.267. The lowest BCUT2D eigenvalue weighted by Crippen LogP contribution is -2.40. The predicted molar refractivity (Wildman–Crippen MR) is 108 cm³/mol. The van der Waals surface area contributed by atoms with E-state index in [9.17, 15) is 5.11 Å². The lowest BCUT2D eigenvalue weighted by Gasteiger charge is -2.30. The highest BCUT2D eigenvalue weighted by atomic mass is 16.5. The van der Waals surface area contributed by atoms with Gasteiger partial charge in [-0.2, -0.15) is 0 Å². The summed E-state index contributed by atoms with van der Waals surface area (Å²) >= 11 is 0. The molecule has 0 fully saturated rings. The van der Waals surface area contributed by atoms with Crippen molar-refractivity contribution < 1.29 is 19.3 Å². The zero-order valence-electron chi connectivity index (χ0n) is 16.7. The van der Waals surface area contributed by atoms with Crippen molar-refractivity contribution in [2.24, 2.45) is 0 Å². The number of nitrogens with zero attached hydrogens (tertiary/aromatic N) is 1. The molecule has 27 heavy (non-hydrogen) atoms. The molecule has 5 heteroatoms. The van der Waals surface area contributed by atoms with Gasteiger partial charge in [0.25, 0.3) is 0 Å². The maximum Gasteiger partial charge on any atom is 0.161 e. The Balaban J connectivity index is 2.00. The Kier molecular flexibility index (Phi) is 8.43. The second-order valence-corrected chi connectivity index (χ2v) is 6.65. The molecule has 0 aliphatic carbocycles. The van der Waals surface area contributed by atoms with E-state index in [-0.39, 0.29) is 6.61 Å². The van der Waals surface area contributed by atoms with Crippen LogP contribution in [0.4, 0.5) is 0 Å². The van der Waals surface area contributed by atoms with Gasteiger partial charge in [-0.25, -0.2) is 0 Å². The maximum absolute atomic E-state index is 10.5. The minimum atomic E-state index is -0.570. The summed E-state index contributed by atoms with van der Waals surface area (Å²) in [5.41, 5.74) is 1.11. The number of aliphatic hydroxyl groups excluding tert-OH is 1. The highest BCUT2D eigenvalue weighted by molar-refractivity contribution is 5.42. The number of methoxy groups -OCH3 is 2. The molecule has 2 atom stereocenters. The third-order valence-electron chi connectivity index (χ3n) is 4.68. The Morgan fingerprint density at radius 3 is 2.33 bits per heavy atom. The quantitative estimate of drug-likeness (QED) is 0.650. The molecule has 2 rings (SSSR count). The summed E-state index contributed by atoms with van der Waals surface area (Å²) in [7, 11) is 3.27.